The van der Waals surface area contributed by atoms with E-state index in [4.69, 9.17) is 5.73 Å². The van der Waals surface area contributed by atoms with E-state index in [0.717, 1.165) is 30.0 Å². The molecule has 20 heavy (non-hydrogen) atoms. The molecule has 0 spiro atoms. The Kier molecular flexibility index (Phi) is 3.37. The number of hydrogen-bond acceptors (Lipinski definition) is 6. The molecule has 104 valence electrons. The molecule has 1 atom stereocenters. The number of nitrogens with zero attached hydrogens (tertiary/aromatic N) is 3. The Labute approximate surface area is 120 Å². The van der Waals surface area contributed by atoms with E-state index in [-0.39, 0.29) is 5.00 Å². The van der Waals surface area contributed by atoms with Crippen molar-refractivity contribution >= 4 is 27.2 Å². The van der Waals surface area contributed by atoms with Gasteiger partial charge in [0.1, 0.15) is 6.20 Å². The zero-order chi connectivity index (χ0) is 14.1. The Balaban J connectivity index is 1.96. The molecule has 0 bridgehead atoms. The molecule has 2 aromatic rings. The van der Waals surface area contributed by atoms with E-state index in [1.165, 1.54) is 11.8 Å². The molecule has 0 aliphatic carbocycles. The standard InChI is InChI=1S/C13H14N4O2S/c14-6-5-9-8-16(11-4-2-1-3-10(9)11)13-15-7-12(20-13)17(18)19/h1-4,7,9H,5-6,8,14H2. The topological polar surface area (TPSA) is 85.3 Å². The normalized spacial score (nSPS) is 17.2. The second-order valence-electron chi connectivity index (χ2n) is 4.68. The van der Waals surface area contributed by atoms with Crippen LogP contribution in [0.3, 0.4) is 0 Å². The van der Waals surface area contributed by atoms with Gasteiger partial charge in [-0.2, -0.15) is 0 Å². The van der Waals surface area contributed by atoms with Gasteiger partial charge in [-0.3, -0.25) is 10.1 Å². The van der Waals surface area contributed by atoms with E-state index in [2.05, 4.69) is 11.1 Å². The number of thiazole rings is 1. The molecule has 1 aliphatic rings. The number of aromatic nitrogens is 1. The Bertz CT molecular complexity index is 643. The molecule has 0 fully saturated rings. The molecular formula is C13H14N4O2S. The Morgan fingerprint density at radius 2 is 2.30 bits per heavy atom. The summed E-state index contributed by atoms with van der Waals surface area (Å²) in [6.45, 7) is 1.41. The van der Waals surface area contributed by atoms with Crippen LogP contribution in [0.15, 0.2) is 30.5 Å². The fraction of sp³-hybridized carbons (Fsp3) is 0.308. The maximum absolute atomic E-state index is 10.8. The monoisotopic (exact) mass is 290 g/mol. The first-order chi connectivity index (χ1) is 9.70. The van der Waals surface area contributed by atoms with Crippen molar-refractivity contribution in [2.75, 3.05) is 18.0 Å². The Hall–Kier alpha value is -1.99. The zero-order valence-electron chi connectivity index (χ0n) is 10.7. The highest BCUT2D eigenvalue weighted by molar-refractivity contribution is 7.18. The van der Waals surface area contributed by atoms with Gasteiger partial charge < -0.3 is 10.6 Å². The van der Waals surface area contributed by atoms with Gasteiger partial charge in [-0.05, 0) is 35.9 Å². The lowest BCUT2D eigenvalue weighted by Crippen LogP contribution is -2.17. The van der Waals surface area contributed by atoms with Crippen LogP contribution in [0.5, 0.6) is 0 Å². The minimum atomic E-state index is -0.402. The summed E-state index contributed by atoms with van der Waals surface area (Å²) in [5.74, 6) is 0.360. The maximum atomic E-state index is 10.8. The van der Waals surface area contributed by atoms with Crippen LogP contribution in [0.25, 0.3) is 0 Å². The summed E-state index contributed by atoms with van der Waals surface area (Å²) in [5.41, 5.74) is 8.00. The van der Waals surface area contributed by atoms with Crippen LogP contribution in [0.1, 0.15) is 17.9 Å². The molecule has 1 aromatic carbocycles. The van der Waals surface area contributed by atoms with Gasteiger partial charge in [0.25, 0.3) is 0 Å². The molecule has 6 nitrogen and oxygen atoms in total. The van der Waals surface area contributed by atoms with Crippen LogP contribution in [0, 0.1) is 10.1 Å². The third-order valence-electron chi connectivity index (χ3n) is 3.48. The molecule has 3 rings (SSSR count). The first-order valence-electron chi connectivity index (χ1n) is 6.37. The van der Waals surface area contributed by atoms with Crippen molar-refractivity contribution in [1.82, 2.24) is 4.98 Å². The van der Waals surface area contributed by atoms with Crippen LogP contribution in [-0.2, 0) is 0 Å². The van der Waals surface area contributed by atoms with Crippen LogP contribution < -0.4 is 10.6 Å². The Morgan fingerprint density at radius 1 is 1.50 bits per heavy atom. The molecule has 1 unspecified atom stereocenters. The minimum absolute atomic E-state index is 0.0692. The highest BCUT2D eigenvalue weighted by Gasteiger charge is 2.31. The van der Waals surface area contributed by atoms with Crippen molar-refractivity contribution in [3.05, 3.63) is 46.1 Å². The van der Waals surface area contributed by atoms with E-state index in [1.54, 1.807) is 0 Å². The van der Waals surface area contributed by atoms with Gasteiger partial charge >= 0.3 is 5.00 Å². The van der Waals surface area contributed by atoms with Crippen molar-refractivity contribution in [1.29, 1.82) is 0 Å². The van der Waals surface area contributed by atoms with Crippen LogP contribution in [0.4, 0.5) is 15.8 Å². The molecule has 2 N–H and O–H groups in total. The van der Waals surface area contributed by atoms with E-state index >= 15 is 0 Å². The average Bonchev–Trinajstić information content (AvgIpc) is 3.04. The lowest BCUT2D eigenvalue weighted by atomic mass is 9.98. The molecule has 7 heteroatoms. The fourth-order valence-electron chi connectivity index (χ4n) is 2.59. The second-order valence-corrected chi connectivity index (χ2v) is 5.67. The molecular weight excluding hydrogens is 276 g/mol. The first kappa shape index (κ1) is 13.0. The largest absolute Gasteiger partial charge is 0.345 e. The summed E-state index contributed by atoms with van der Waals surface area (Å²) >= 11 is 1.11. The maximum Gasteiger partial charge on any atom is 0.345 e. The van der Waals surface area contributed by atoms with Crippen LogP contribution in [0.2, 0.25) is 0 Å². The smallest absolute Gasteiger partial charge is 0.330 e. The lowest BCUT2D eigenvalue weighted by Gasteiger charge is -2.15. The zero-order valence-corrected chi connectivity index (χ0v) is 11.5. The average molecular weight is 290 g/mol. The fourth-order valence-corrected chi connectivity index (χ4v) is 3.35. The van der Waals surface area contributed by atoms with Crippen LogP contribution >= 0.6 is 11.3 Å². The number of para-hydroxylation sites is 1. The van der Waals surface area contributed by atoms with Crippen molar-refractivity contribution in [3.63, 3.8) is 0 Å². The number of benzene rings is 1. The van der Waals surface area contributed by atoms with Gasteiger partial charge in [0.2, 0.25) is 0 Å². The highest BCUT2D eigenvalue weighted by atomic mass is 32.1. The third kappa shape index (κ3) is 2.14. The van der Waals surface area contributed by atoms with Crippen molar-refractivity contribution in [2.45, 2.75) is 12.3 Å². The quantitative estimate of drug-likeness (QED) is 0.691. The Morgan fingerprint density at radius 3 is 3.00 bits per heavy atom. The number of hydrogen-bond donors (Lipinski definition) is 1. The summed E-state index contributed by atoms with van der Waals surface area (Å²) in [7, 11) is 0. The predicted molar refractivity (Wildman–Crippen MR) is 78.6 cm³/mol. The summed E-state index contributed by atoms with van der Waals surface area (Å²) in [4.78, 5) is 16.6. The summed E-state index contributed by atoms with van der Waals surface area (Å²) in [5, 5.41) is 11.5. The van der Waals surface area contributed by atoms with Gasteiger partial charge in [-0.1, -0.05) is 18.2 Å². The van der Waals surface area contributed by atoms with Gasteiger partial charge in [0, 0.05) is 18.2 Å². The van der Waals surface area contributed by atoms with Gasteiger partial charge in [-0.15, -0.1) is 0 Å². The van der Waals surface area contributed by atoms with Crippen LogP contribution in [-0.4, -0.2) is 23.0 Å². The number of rotatable bonds is 4. The summed E-state index contributed by atoms with van der Waals surface area (Å²) in [6, 6.07) is 8.10. The second kappa shape index (κ2) is 5.18. The molecule has 0 saturated carbocycles. The first-order valence-corrected chi connectivity index (χ1v) is 7.19. The number of nitrogens with two attached hydrogens (primary N) is 1. The van der Waals surface area contributed by atoms with Gasteiger partial charge in [0.05, 0.1) is 4.92 Å². The van der Waals surface area contributed by atoms with E-state index in [1.807, 2.05) is 23.1 Å². The SMILES string of the molecule is NCCC1CN(c2ncc([N+](=O)[O-])s2)c2ccccc21. The molecule has 0 amide bonds. The highest BCUT2D eigenvalue weighted by Crippen LogP contribution is 2.43. The lowest BCUT2D eigenvalue weighted by molar-refractivity contribution is -0.380. The van der Waals surface area contributed by atoms with Crippen molar-refractivity contribution in [2.24, 2.45) is 5.73 Å². The molecule has 2 heterocycles. The van der Waals surface area contributed by atoms with E-state index in [9.17, 15) is 10.1 Å². The molecule has 1 aliphatic heterocycles. The number of anilines is 2. The summed E-state index contributed by atoms with van der Waals surface area (Å²) < 4.78 is 0. The molecule has 1 aromatic heterocycles. The number of fused-ring (bicyclic) bond motifs is 1. The van der Waals surface area contributed by atoms with Gasteiger partial charge in [0.15, 0.2) is 5.13 Å². The summed E-state index contributed by atoms with van der Waals surface area (Å²) in [6.07, 6.45) is 2.22. The van der Waals surface area contributed by atoms with E-state index in [0.29, 0.717) is 17.6 Å². The predicted octanol–water partition coefficient (Wildman–Crippen LogP) is 2.64. The molecule has 0 radical (unpaired) electrons. The van der Waals surface area contributed by atoms with Crippen molar-refractivity contribution in [3.8, 4) is 0 Å². The minimum Gasteiger partial charge on any atom is -0.330 e. The van der Waals surface area contributed by atoms with Crippen molar-refractivity contribution < 1.29 is 4.92 Å². The molecule has 0 saturated heterocycles. The number of nitro groups is 1. The third-order valence-corrected chi connectivity index (χ3v) is 4.45. The van der Waals surface area contributed by atoms with E-state index < -0.39 is 4.92 Å². The van der Waals surface area contributed by atoms with Gasteiger partial charge in [-0.25, -0.2) is 4.98 Å².